The molecule has 0 saturated heterocycles. The standard InChI is InChI=1S/C14H12N4O2/c19-18(20)17(10-11-4-2-1-3-5-11)13-8-12-6-7-15-14(12)16-9-13/h1-9H,10H2,(H,15,16). The number of benzene rings is 1. The molecule has 20 heavy (non-hydrogen) atoms. The molecule has 0 radical (unpaired) electrons. The van der Waals surface area contributed by atoms with Crippen molar-refractivity contribution in [1.82, 2.24) is 9.97 Å². The van der Waals surface area contributed by atoms with Crippen LogP contribution in [0, 0.1) is 10.1 Å². The van der Waals surface area contributed by atoms with Crippen LogP contribution < -0.4 is 5.01 Å². The molecule has 6 nitrogen and oxygen atoms in total. The largest absolute Gasteiger partial charge is 0.346 e. The number of anilines is 1. The number of aromatic amines is 1. The molecule has 1 N–H and O–H groups in total. The van der Waals surface area contributed by atoms with Gasteiger partial charge in [0, 0.05) is 11.6 Å². The third kappa shape index (κ3) is 2.31. The first-order chi connectivity index (χ1) is 9.74. The summed E-state index contributed by atoms with van der Waals surface area (Å²) in [6, 6.07) is 12.9. The number of fused-ring (bicyclic) bond motifs is 1. The van der Waals surface area contributed by atoms with Gasteiger partial charge in [-0.15, -0.1) is 0 Å². The van der Waals surface area contributed by atoms with Crippen molar-refractivity contribution in [3.8, 4) is 0 Å². The summed E-state index contributed by atoms with van der Waals surface area (Å²) in [5.41, 5.74) is 2.06. The van der Waals surface area contributed by atoms with Crippen LogP contribution in [0.15, 0.2) is 54.9 Å². The summed E-state index contributed by atoms with van der Waals surface area (Å²) in [6.45, 7) is 0.200. The van der Waals surface area contributed by atoms with Crippen molar-refractivity contribution in [2.75, 3.05) is 5.01 Å². The molecule has 3 rings (SSSR count). The molecule has 0 atom stereocenters. The first-order valence-corrected chi connectivity index (χ1v) is 6.13. The molecule has 0 aliphatic carbocycles. The molecule has 0 fully saturated rings. The number of pyridine rings is 1. The number of hydrogen-bond acceptors (Lipinski definition) is 3. The maximum Gasteiger partial charge on any atom is 0.165 e. The quantitative estimate of drug-likeness (QED) is 0.583. The van der Waals surface area contributed by atoms with Gasteiger partial charge in [-0.1, -0.05) is 35.3 Å². The number of H-pyrrole nitrogens is 1. The van der Waals surface area contributed by atoms with Crippen LogP contribution in [0.4, 0.5) is 5.69 Å². The van der Waals surface area contributed by atoms with Gasteiger partial charge >= 0.3 is 0 Å². The number of aromatic nitrogens is 2. The second-order valence-electron chi connectivity index (χ2n) is 4.39. The summed E-state index contributed by atoms with van der Waals surface area (Å²) in [5.74, 6) is 0. The van der Waals surface area contributed by atoms with Crippen molar-refractivity contribution in [3.05, 3.63) is 70.5 Å². The molecule has 2 heterocycles. The first-order valence-electron chi connectivity index (χ1n) is 6.13. The van der Waals surface area contributed by atoms with Crippen LogP contribution in [0.3, 0.4) is 0 Å². The number of rotatable bonds is 4. The van der Waals surface area contributed by atoms with E-state index < -0.39 is 5.03 Å². The topological polar surface area (TPSA) is 75.1 Å². The van der Waals surface area contributed by atoms with E-state index in [1.54, 1.807) is 12.3 Å². The van der Waals surface area contributed by atoms with E-state index in [4.69, 9.17) is 0 Å². The number of hydrogen-bond donors (Lipinski definition) is 1. The molecular weight excluding hydrogens is 256 g/mol. The van der Waals surface area contributed by atoms with Crippen LogP contribution in [0.25, 0.3) is 11.0 Å². The van der Waals surface area contributed by atoms with Gasteiger partial charge in [-0.25, -0.2) is 15.1 Å². The Labute approximate surface area is 114 Å². The van der Waals surface area contributed by atoms with E-state index in [1.165, 1.54) is 6.20 Å². The Balaban J connectivity index is 1.95. The predicted octanol–water partition coefficient (Wildman–Crippen LogP) is 2.76. The average Bonchev–Trinajstić information content (AvgIpc) is 2.93. The van der Waals surface area contributed by atoms with Crippen molar-refractivity contribution in [2.24, 2.45) is 0 Å². The third-order valence-electron chi connectivity index (χ3n) is 3.06. The minimum Gasteiger partial charge on any atom is -0.346 e. The molecule has 0 amide bonds. The first kappa shape index (κ1) is 12.2. The maximum atomic E-state index is 11.3. The van der Waals surface area contributed by atoms with Crippen LogP contribution >= 0.6 is 0 Å². The summed E-state index contributed by atoms with van der Waals surface area (Å²) in [6.07, 6.45) is 3.26. The molecule has 0 saturated carbocycles. The molecule has 0 spiro atoms. The fourth-order valence-corrected chi connectivity index (χ4v) is 2.07. The summed E-state index contributed by atoms with van der Waals surface area (Å²) < 4.78 is 0. The Kier molecular flexibility index (Phi) is 3.04. The van der Waals surface area contributed by atoms with Crippen LogP contribution in [0.2, 0.25) is 0 Å². The number of nitrogens with zero attached hydrogens (tertiary/aromatic N) is 3. The Bertz CT molecular complexity index is 739. The Morgan fingerprint density at radius 3 is 2.80 bits per heavy atom. The van der Waals surface area contributed by atoms with Crippen LogP contribution in [-0.2, 0) is 6.54 Å². The summed E-state index contributed by atoms with van der Waals surface area (Å²) in [4.78, 5) is 18.4. The predicted molar refractivity (Wildman–Crippen MR) is 75.7 cm³/mol. The molecular formula is C14H12N4O2. The second kappa shape index (κ2) is 5.00. The average molecular weight is 268 g/mol. The number of nitro groups is 1. The molecule has 2 aromatic heterocycles. The zero-order valence-electron chi connectivity index (χ0n) is 10.6. The summed E-state index contributed by atoms with van der Waals surface area (Å²) in [5, 5.41) is 12.8. The molecule has 0 aliphatic heterocycles. The number of nitrogens with one attached hydrogen (secondary N) is 1. The highest BCUT2D eigenvalue weighted by atomic mass is 16.7. The van der Waals surface area contributed by atoms with Crippen molar-refractivity contribution < 1.29 is 5.03 Å². The highest BCUT2D eigenvalue weighted by molar-refractivity contribution is 5.78. The fourth-order valence-electron chi connectivity index (χ4n) is 2.07. The molecule has 6 heteroatoms. The monoisotopic (exact) mass is 268 g/mol. The van der Waals surface area contributed by atoms with Gasteiger partial charge in [-0.3, -0.25) is 0 Å². The van der Waals surface area contributed by atoms with Crippen molar-refractivity contribution >= 4 is 16.7 Å². The van der Waals surface area contributed by atoms with Gasteiger partial charge in [0.25, 0.3) is 0 Å². The van der Waals surface area contributed by atoms with Gasteiger partial charge in [0.1, 0.15) is 17.9 Å². The van der Waals surface area contributed by atoms with Crippen molar-refractivity contribution in [3.63, 3.8) is 0 Å². The fraction of sp³-hybridized carbons (Fsp3) is 0.0714. The van der Waals surface area contributed by atoms with Gasteiger partial charge in [0.2, 0.25) is 0 Å². The Morgan fingerprint density at radius 2 is 2.05 bits per heavy atom. The highest BCUT2D eigenvalue weighted by Gasteiger charge is 2.18. The van der Waals surface area contributed by atoms with E-state index in [0.717, 1.165) is 21.6 Å². The normalized spacial score (nSPS) is 10.6. The Morgan fingerprint density at radius 1 is 1.25 bits per heavy atom. The molecule has 1 aromatic carbocycles. The van der Waals surface area contributed by atoms with E-state index in [1.807, 2.05) is 36.4 Å². The molecule has 0 bridgehead atoms. The van der Waals surface area contributed by atoms with Crippen molar-refractivity contribution in [1.29, 1.82) is 0 Å². The van der Waals surface area contributed by atoms with E-state index in [9.17, 15) is 10.1 Å². The molecule has 0 aliphatic rings. The van der Waals surface area contributed by atoms with Gasteiger partial charge in [-0.05, 0) is 17.7 Å². The van der Waals surface area contributed by atoms with Gasteiger partial charge < -0.3 is 4.98 Å². The Hall–Kier alpha value is -2.89. The van der Waals surface area contributed by atoms with Crippen LogP contribution in [-0.4, -0.2) is 15.0 Å². The second-order valence-corrected chi connectivity index (χ2v) is 4.39. The zero-order chi connectivity index (χ0) is 13.9. The minimum atomic E-state index is -0.414. The van der Waals surface area contributed by atoms with E-state index >= 15 is 0 Å². The van der Waals surface area contributed by atoms with Gasteiger partial charge in [0.05, 0.1) is 6.20 Å². The lowest BCUT2D eigenvalue weighted by Crippen LogP contribution is -2.29. The van der Waals surface area contributed by atoms with Crippen molar-refractivity contribution in [2.45, 2.75) is 6.54 Å². The summed E-state index contributed by atoms with van der Waals surface area (Å²) >= 11 is 0. The molecule has 100 valence electrons. The van der Waals surface area contributed by atoms with E-state index in [-0.39, 0.29) is 6.54 Å². The molecule has 0 unspecified atom stereocenters. The zero-order valence-corrected chi connectivity index (χ0v) is 10.6. The highest BCUT2D eigenvalue weighted by Crippen LogP contribution is 2.21. The third-order valence-corrected chi connectivity index (χ3v) is 3.06. The lowest BCUT2D eigenvalue weighted by Gasteiger charge is -2.14. The van der Waals surface area contributed by atoms with E-state index in [0.29, 0.717) is 5.69 Å². The van der Waals surface area contributed by atoms with Crippen LogP contribution in [0.1, 0.15) is 5.56 Å². The summed E-state index contributed by atoms with van der Waals surface area (Å²) in [7, 11) is 0. The molecule has 3 aromatic rings. The van der Waals surface area contributed by atoms with Crippen LogP contribution in [0.5, 0.6) is 0 Å². The smallest absolute Gasteiger partial charge is 0.165 e. The van der Waals surface area contributed by atoms with Gasteiger partial charge in [0.15, 0.2) is 5.03 Å². The minimum absolute atomic E-state index is 0.200. The maximum absolute atomic E-state index is 11.3. The SMILES string of the molecule is O=[N+]([O-])N(Cc1ccccc1)c1cnc2[nH]ccc2c1. The van der Waals surface area contributed by atoms with Gasteiger partial charge in [-0.2, -0.15) is 0 Å². The lowest BCUT2D eigenvalue weighted by molar-refractivity contribution is -0.496. The number of hydrazine groups is 1. The lowest BCUT2D eigenvalue weighted by atomic mass is 10.2. The van der Waals surface area contributed by atoms with E-state index in [2.05, 4.69) is 9.97 Å².